The second-order valence-corrected chi connectivity index (χ2v) is 10.4. The number of β-lactam (4-membered cyclic amide) rings is 1. The maximum absolute atomic E-state index is 11.8. The number of thiophene rings is 1. The van der Waals surface area contributed by atoms with Gasteiger partial charge in [-0.15, -0.1) is 0 Å². The van der Waals surface area contributed by atoms with E-state index in [0.717, 1.165) is 15.8 Å². The van der Waals surface area contributed by atoms with Gasteiger partial charge in [0.25, 0.3) is 0 Å². The number of carbonyl (C=O) groups excluding carboxylic acids is 1. The molecule has 0 saturated carbocycles. The molecule has 1 fully saturated rings. The molecule has 2 atom stereocenters. The van der Waals surface area contributed by atoms with Gasteiger partial charge in [0.1, 0.15) is 18.5 Å². The van der Waals surface area contributed by atoms with Crippen LogP contribution in [0.25, 0.3) is 10.1 Å². The van der Waals surface area contributed by atoms with E-state index in [1.807, 2.05) is 42.5 Å². The highest BCUT2D eigenvalue weighted by Crippen LogP contribution is 2.35. The first-order chi connectivity index (χ1) is 15.2. The first-order valence-corrected chi connectivity index (χ1v) is 12.9. The van der Waals surface area contributed by atoms with E-state index in [2.05, 4.69) is 0 Å². The van der Waals surface area contributed by atoms with E-state index in [0.29, 0.717) is 30.9 Å². The first kappa shape index (κ1) is 24.5. The third-order valence-corrected chi connectivity index (χ3v) is 6.97. The lowest BCUT2D eigenvalue weighted by Gasteiger charge is -2.38. The lowest BCUT2D eigenvalue weighted by molar-refractivity contribution is -0.142. The molecule has 0 spiro atoms. The van der Waals surface area contributed by atoms with Gasteiger partial charge in [0.05, 0.1) is 25.7 Å². The van der Waals surface area contributed by atoms with E-state index in [1.165, 1.54) is 11.3 Å². The Morgan fingerprint density at radius 1 is 1.31 bits per heavy atom. The Bertz CT molecular complexity index is 1030. The molecule has 1 aliphatic heterocycles. The molecule has 32 heavy (non-hydrogen) atoms. The Labute approximate surface area is 190 Å². The fourth-order valence-corrected chi connectivity index (χ4v) is 4.78. The van der Waals surface area contributed by atoms with Gasteiger partial charge < -0.3 is 29.3 Å². The lowest BCUT2D eigenvalue weighted by Crippen LogP contribution is -2.51. The topological polar surface area (TPSA) is 117 Å². The summed E-state index contributed by atoms with van der Waals surface area (Å²) in [6.45, 7) is 0.544. The van der Waals surface area contributed by atoms with E-state index in [-0.39, 0.29) is 24.7 Å². The van der Waals surface area contributed by atoms with Gasteiger partial charge in [0.15, 0.2) is 5.06 Å². The number of hydrogen-bond acceptors (Lipinski definition) is 6. The Balaban J connectivity index is 1.42. The quantitative estimate of drug-likeness (QED) is 0.184. The van der Waals surface area contributed by atoms with Gasteiger partial charge in [0, 0.05) is 11.2 Å². The standard InChI is InChI=1S/C22H28NO7PS/c1-29-19-8-9-20-16(12-19)13-22(32-20)30-15-18(24)7-6-17-14-21(25)23(17)10-4-2-3-5-11-31(26,27)28/h2,4,6-9,12-13,17-18,24H,3,5,10-11,14-15H2,1H3,(H2,26,27,28)/b4-2-,7-6+/t17-,18?/m0/s1. The van der Waals surface area contributed by atoms with Crippen molar-refractivity contribution < 1.29 is 33.7 Å². The molecule has 1 aromatic carbocycles. The van der Waals surface area contributed by atoms with Crippen molar-refractivity contribution >= 4 is 34.9 Å². The summed E-state index contributed by atoms with van der Waals surface area (Å²) in [6, 6.07) is 7.63. The Morgan fingerprint density at radius 3 is 2.84 bits per heavy atom. The number of unbranched alkanes of at least 4 members (excludes halogenated alkanes) is 1. The molecule has 0 radical (unpaired) electrons. The molecule has 174 valence electrons. The van der Waals surface area contributed by atoms with Crippen molar-refractivity contribution in [3.63, 3.8) is 0 Å². The van der Waals surface area contributed by atoms with E-state index in [1.54, 1.807) is 18.1 Å². The number of likely N-dealkylation sites (tertiary alicyclic amines) is 1. The summed E-state index contributed by atoms with van der Waals surface area (Å²) in [5.74, 6) is 0.811. The summed E-state index contributed by atoms with van der Waals surface area (Å²) >= 11 is 1.50. The number of aliphatic hydroxyl groups excluding tert-OH is 1. The predicted molar refractivity (Wildman–Crippen MR) is 124 cm³/mol. The van der Waals surface area contributed by atoms with E-state index < -0.39 is 13.7 Å². The Morgan fingerprint density at radius 2 is 2.12 bits per heavy atom. The zero-order chi connectivity index (χ0) is 23.1. The average molecular weight is 482 g/mol. The van der Waals surface area contributed by atoms with Gasteiger partial charge in [-0.3, -0.25) is 9.36 Å². The lowest BCUT2D eigenvalue weighted by atomic mass is 10.0. The molecule has 1 aliphatic rings. The number of allylic oxidation sites excluding steroid dienone is 1. The molecule has 10 heteroatoms. The van der Waals surface area contributed by atoms with Gasteiger partial charge in [-0.05, 0) is 42.5 Å². The molecule has 1 unspecified atom stereocenters. The highest BCUT2D eigenvalue weighted by atomic mass is 32.1. The van der Waals surface area contributed by atoms with Crippen molar-refractivity contribution in [2.45, 2.75) is 31.4 Å². The number of fused-ring (bicyclic) bond motifs is 1. The van der Waals surface area contributed by atoms with Crippen LogP contribution in [0.3, 0.4) is 0 Å². The van der Waals surface area contributed by atoms with Crippen LogP contribution in [0.4, 0.5) is 0 Å². The molecule has 8 nitrogen and oxygen atoms in total. The smallest absolute Gasteiger partial charge is 0.325 e. The summed E-state index contributed by atoms with van der Waals surface area (Å²) in [7, 11) is -2.33. The molecule has 1 aromatic heterocycles. The maximum atomic E-state index is 11.8. The van der Waals surface area contributed by atoms with Crippen LogP contribution in [0, 0.1) is 0 Å². The largest absolute Gasteiger partial charge is 0.497 e. The number of aliphatic hydroxyl groups is 1. The SMILES string of the molecule is COc1ccc2sc(OCC(O)/C=C/[C@H]3CC(=O)N3C/C=C\CCCP(=O)(O)O)cc2c1. The van der Waals surface area contributed by atoms with Crippen LogP contribution in [-0.4, -0.2) is 64.3 Å². The highest BCUT2D eigenvalue weighted by Gasteiger charge is 2.33. The van der Waals surface area contributed by atoms with Crippen molar-refractivity contribution in [2.24, 2.45) is 0 Å². The fourth-order valence-electron chi connectivity index (χ4n) is 3.28. The third kappa shape index (κ3) is 7.18. The number of hydrogen-bond donors (Lipinski definition) is 3. The summed E-state index contributed by atoms with van der Waals surface area (Å²) in [5.41, 5.74) is 0. The number of amides is 1. The summed E-state index contributed by atoms with van der Waals surface area (Å²) in [6.07, 6.45) is 7.52. The number of methoxy groups -OCH3 is 1. The second-order valence-electron chi connectivity index (χ2n) is 7.55. The van der Waals surface area contributed by atoms with Gasteiger partial charge in [-0.25, -0.2) is 0 Å². The van der Waals surface area contributed by atoms with Crippen LogP contribution in [0.15, 0.2) is 48.6 Å². The molecule has 1 amide bonds. The minimum atomic E-state index is -3.95. The zero-order valence-corrected chi connectivity index (χ0v) is 19.5. The molecule has 1 saturated heterocycles. The summed E-state index contributed by atoms with van der Waals surface area (Å²) in [5, 5.41) is 12.0. The second kappa shape index (κ2) is 11.1. The number of ether oxygens (including phenoxy) is 2. The predicted octanol–water partition coefficient (Wildman–Crippen LogP) is 3.32. The zero-order valence-electron chi connectivity index (χ0n) is 17.8. The van der Waals surface area contributed by atoms with Crippen LogP contribution in [0.1, 0.15) is 19.3 Å². The summed E-state index contributed by atoms with van der Waals surface area (Å²) in [4.78, 5) is 31.2. The first-order valence-electron chi connectivity index (χ1n) is 10.3. The molecule has 0 aliphatic carbocycles. The van der Waals surface area contributed by atoms with Crippen molar-refractivity contribution in [2.75, 3.05) is 26.4 Å². The number of rotatable bonds is 12. The summed E-state index contributed by atoms with van der Waals surface area (Å²) < 4.78 is 22.8. The molecular formula is C22H28NO7PS. The van der Waals surface area contributed by atoms with Gasteiger partial charge >= 0.3 is 7.60 Å². The monoisotopic (exact) mass is 481 g/mol. The van der Waals surface area contributed by atoms with Gasteiger partial charge in [0.2, 0.25) is 5.91 Å². The van der Waals surface area contributed by atoms with Crippen molar-refractivity contribution in [1.82, 2.24) is 4.90 Å². The maximum Gasteiger partial charge on any atom is 0.325 e. The van der Waals surface area contributed by atoms with E-state index >= 15 is 0 Å². The average Bonchev–Trinajstić information content (AvgIpc) is 3.15. The molecule has 2 heterocycles. The molecule has 2 aromatic rings. The molecular weight excluding hydrogens is 453 g/mol. The minimum Gasteiger partial charge on any atom is -0.497 e. The van der Waals surface area contributed by atoms with E-state index in [4.69, 9.17) is 19.3 Å². The van der Waals surface area contributed by atoms with Gasteiger partial charge in [-0.2, -0.15) is 0 Å². The Kier molecular flexibility index (Phi) is 8.51. The van der Waals surface area contributed by atoms with Crippen LogP contribution < -0.4 is 9.47 Å². The molecule has 3 rings (SSSR count). The van der Waals surface area contributed by atoms with E-state index in [9.17, 15) is 14.5 Å². The highest BCUT2D eigenvalue weighted by molar-refractivity contribution is 7.51. The molecule has 3 N–H and O–H groups in total. The molecule has 0 bridgehead atoms. The number of benzene rings is 1. The Hall–Kier alpha value is -2.16. The van der Waals surface area contributed by atoms with Gasteiger partial charge in [-0.1, -0.05) is 35.6 Å². The van der Waals surface area contributed by atoms with Crippen molar-refractivity contribution in [3.8, 4) is 10.8 Å². The number of carbonyl (C=O) groups is 1. The van der Waals surface area contributed by atoms with Crippen LogP contribution in [0.5, 0.6) is 10.8 Å². The van der Waals surface area contributed by atoms with Crippen LogP contribution in [-0.2, 0) is 9.36 Å². The fraction of sp³-hybridized carbons (Fsp3) is 0.409. The van der Waals surface area contributed by atoms with Crippen molar-refractivity contribution in [3.05, 3.63) is 48.6 Å². The minimum absolute atomic E-state index is 0.0333. The third-order valence-electron chi connectivity index (χ3n) is 5.05. The van der Waals surface area contributed by atoms with Crippen molar-refractivity contribution in [1.29, 1.82) is 0 Å². The van der Waals surface area contributed by atoms with Crippen LogP contribution >= 0.6 is 18.9 Å². The van der Waals surface area contributed by atoms with Crippen LogP contribution in [0.2, 0.25) is 0 Å². The normalized spacial score (nSPS) is 17.9. The number of nitrogens with zero attached hydrogens (tertiary/aromatic N) is 1.